The standard InChI is InChI=1S/C15H16N2O5/c1-10-4-3-5-11(2)14(10)21-9-8-16-15(18)12-6-7-13(22-12)17(19)20/h3-7H,8-9H2,1-2H3,(H,16,18). The molecule has 0 saturated carbocycles. The number of nitro groups is 1. The van der Waals surface area contributed by atoms with Crippen LogP contribution in [0.1, 0.15) is 21.7 Å². The SMILES string of the molecule is Cc1cccc(C)c1OCCNC(=O)c1ccc([N+](=O)[O-])o1. The highest BCUT2D eigenvalue weighted by molar-refractivity contribution is 5.91. The summed E-state index contributed by atoms with van der Waals surface area (Å²) in [5.74, 6) is -0.278. The normalized spacial score (nSPS) is 10.3. The largest absolute Gasteiger partial charge is 0.491 e. The monoisotopic (exact) mass is 304 g/mol. The Kier molecular flexibility index (Phi) is 4.77. The average molecular weight is 304 g/mol. The predicted octanol–water partition coefficient (Wildman–Crippen LogP) is 2.61. The number of para-hydroxylation sites is 1. The van der Waals surface area contributed by atoms with Crippen molar-refractivity contribution in [2.75, 3.05) is 13.2 Å². The molecule has 0 saturated heterocycles. The van der Waals surface area contributed by atoms with E-state index in [1.807, 2.05) is 32.0 Å². The summed E-state index contributed by atoms with van der Waals surface area (Å²) in [4.78, 5) is 21.5. The fourth-order valence-electron chi connectivity index (χ4n) is 1.98. The maximum atomic E-state index is 11.7. The number of carbonyl (C=O) groups excluding carboxylic acids is 1. The predicted molar refractivity (Wildman–Crippen MR) is 79.1 cm³/mol. The molecule has 0 atom stereocenters. The number of amides is 1. The number of hydrogen-bond acceptors (Lipinski definition) is 5. The number of rotatable bonds is 6. The quantitative estimate of drug-likeness (QED) is 0.503. The van der Waals surface area contributed by atoms with Gasteiger partial charge in [-0.05, 0) is 31.0 Å². The van der Waals surface area contributed by atoms with Crippen molar-refractivity contribution in [1.82, 2.24) is 5.32 Å². The highest BCUT2D eigenvalue weighted by atomic mass is 16.6. The first-order valence-corrected chi connectivity index (χ1v) is 6.70. The van der Waals surface area contributed by atoms with Gasteiger partial charge < -0.3 is 14.5 Å². The van der Waals surface area contributed by atoms with Gasteiger partial charge in [0.1, 0.15) is 17.3 Å². The van der Waals surface area contributed by atoms with Crippen molar-refractivity contribution in [3.63, 3.8) is 0 Å². The van der Waals surface area contributed by atoms with Crippen LogP contribution in [0.2, 0.25) is 0 Å². The van der Waals surface area contributed by atoms with Crippen LogP contribution in [0.3, 0.4) is 0 Å². The number of ether oxygens (including phenoxy) is 1. The van der Waals surface area contributed by atoms with E-state index < -0.39 is 16.7 Å². The molecule has 0 unspecified atom stereocenters. The summed E-state index contributed by atoms with van der Waals surface area (Å²) in [5.41, 5.74) is 2.04. The Morgan fingerprint density at radius 3 is 2.55 bits per heavy atom. The summed E-state index contributed by atoms with van der Waals surface area (Å²) >= 11 is 0. The molecular weight excluding hydrogens is 288 g/mol. The molecule has 0 aliphatic rings. The summed E-state index contributed by atoms with van der Waals surface area (Å²) in [5, 5.41) is 13.1. The van der Waals surface area contributed by atoms with Gasteiger partial charge in [-0.15, -0.1) is 0 Å². The Morgan fingerprint density at radius 2 is 1.95 bits per heavy atom. The summed E-state index contributed by atoms with van der Waals surface area (Å²) in [6, 6.07) is 8.25. The van der Waals surface area contributed by atoms with Gasteiger partial charge in [-0.3, -0.25) is 14.9 Å². The first-order chi connectivity index (χ1) is 10.5. The smallest absolute Gasteiger partial charge is 0.433 e. The van der Waals surface area contributed by atoms with E-state index in [0.717, 1.165) is 22.9 Å². The summed E-state index contributed by atoms with van der Waals surface area (Å²) in [7, 11) is 0. The lowest BCUT2D eigenvalue weighted by Gasteiger charge is -2.11. The number of hydrogen-bond donors (Lipinski definition) is 1. The first kappa shape index (κ1) is 15.6. The molecule has 2 aromatic rings. The van der Waals surface area contributed by atoms with Gasteiger partial charge in [-0.25, -0.2) is 0 Å². The van der Waals surface area contributed by atoms with Crippen molar-refractivity contribution in [2.24, 2.45) is 0 Å². The highest BCUT2D eigenvalue weighted by Gasteiger charge is 2.16. The van der Waals surface area contributed by atoms with Crippen LogP contribution in [0.5, 0.6) is 5.75 Å². The van der Waals surface area contributed by atoms with E-state index in [2.05, 4.69) is 5.32 Å². The molecule has 116 valence electrons. The van der Waals surface area contributed by atoms with Crippen LogP contribution in [0.25, 0.3) is 0 Å². The van der Waals surface area contributed by atoms with Gasteiger partial charge in [0.15, 0.2) is 5.76 Å². The lowest BCUT2D eigenvalue weighted by molar-refractivity contribution is -0.402. The second-order valence-electron chi connectivity index (χ2n) is 4.72. The zero-order valence-electron chi connectivity index (χ0n) is 12.3. The molecule has 1 amide bonds. The van der Waals surface area contributed by atoms with Gasteiger partial charge >= 0.3 is 5.88 Å². The molecule has 1 aromatic heterocycles. The van der Waals surface area contributed by atoms with E-state index in [1.54, 1.807) is 0 Å². The van der Waals surface area contributed by atoms with Crippen LogP contribution >= 0.6 is 0 Å². The number of benzene rings is 1. The van der Waals surface area contributed by atoms with E-state index in [1.165, 1.54) is 6.07 Å². The zero-order valence-corrected chi connectivity index (χ0v) is 12.3. The Labute approximate surface area is 127 Å². The fraction of sp³-hybridized carbons (Fsp3) is 0.267. The molecule has 22 heavy (non-hydrogen) atoms. The molecule has 7 nitrogen and oxygen atoms in total. The maximum Gasteiger partial charge on any atom is 0.433 e. The molecule has 1 heterocycles. The van der Waals surface area contributed by atoms with E-state index in [9.17, 15) is 14.9 Å². The van der Waals surface area contributed by atoms with E-state index >= 15 is 0 Å². The second kappa shape index (κ2) is 6.75. The third-order valence-electron chi connectivity index (χ3n) is 3.04. The lowest BCUT2D eigenvalue weighted by Crippen LogP contribution is -2.27. The number of aryl methyl sites for hydroxylation is 2. The van der Waals surface area contributed by atoms with E-state index in [0.29, 0.717) is 6.61 Å². The van der Waals surface area contributed by atoms with Gasteiger partial charge in [-0.1, -0.05) is 18.2 Å². The minimum absolute atomic E-state index is 0.0984. The summed E-state index contributed by atoms with van der Waals surface area (Å²) in [6.45, 7) is 4.45. The van der Waals surface area contributed by atoms with Gasteiger partial charge in [0.05, 0.1) is 12.6 Å². The second-order valence-corrected chi connectivity index (χ2v) is 4.72. The van der Waals surface area contributed by atoms with Crippen LogP contribution in [0.4, 0.5) is 5.88 Å². The van der Waals surface area contributed by atoms with Crippen molar-refractivity contribution in [3.05, 3.63) is 57.3 Å². The highest BCUT2D eigenvalue weighted by Crippen LogP contribution is 2.22. The first-order valence-electron chi connectivity index (χ1n) is 6.70. The Morgan fingerprint density at radius 1 is 1.27 bits per heavy atom. The molecule has 0 spiro atoms. The van der Waals surface area contributed by atoms with Crippen molar-refractivity contribution < 1.29 is 18.9 Å². The molecule has 0 fully saturated rings. The maximum absolute atomic E-state index is 11.7. The molecule has 1 N–H and O–H groups in total. The van der Waals surface area contributed by atoms with Crippen molar-refractivity contribution in [1.29, 1.82) is 0 Å². The molecule has 0 aliphatic heterocycles. The number of furan rings is 1. The zero-order chi connectivity index (χ0) is 16.1. The molecular formula is C15H16N2O5. The van der Waals surface area contributed by atoms with Gasteiger partial charge in [-0.2, -0.15) is 0 Å². The van der Waals surface area contributed by atoms with Gasteiger partial charge in [0, 0.05) is 0 Å². The molecule has 2 rings (SSSR count). The van der Waals surface area contributed by atoms with E-state index in [-0.39, 0.29) is 12.3 Å². The molecule has 0 aliphatic carbocycles. The van der Waals surface area contributed by atoms with Gasteiger partial charge in [0.25, 0.3) is 5.91 Å². The van der Waals surface area contributed by atoms with Crippen molar-refractivity contribution in [3.8, 4) is 5.75 Å². The topological polar surface area (TPSA) is 94.6 Å². The fourth-order valence-corrected chi connectivity index (χ4v) is 1.98. The van der Waals surface area contributed by atoms with Crippen LogP contribution in [0.15, 0.2) is 34.7 Å². The Bertz CT molecular complexity index is 673. The number of nitrogens with zero attached hydrogens (tertiary/aromatic N) is 1. The van der Waals surface area contributed by atoms with Crippen LogP contribution < -0.4 is 10.1 Å². The van der Waals surface area contributed by atoms with Crippen molar-refractivity contribution >= 4 is 11.8 Å². The third-order valence-corrected chi connectivity index (χ3v) is 3.04. The summed E-state index contributed by atoms with van der Waals surface area (Å²) in [6.07, 6.45) is 0. The lowest BCUT2D eigenvalue weighted by atomic mass is 10.1. The Hall–Kier alpha value is -2.83. The molecule has 0 bridgehead atoms. The van der Waals surface area contributed by atoms with Gasteiger partial charge in [0.2, 0.25) is 0 Å². The number of carbonyl (C=O) groups is 1. The molecule has 0 radical (unpaired) electrons. The Balaban J connectivity index is 1.83. The minimum Gasteiger partial charge on any atom is -0.491 e. The van der Waals surface area contributed by atoms with Crippen molar-refractivity contribution in [2.45, 2.75) is 13.8 Å². The average Bonchev–Trinajstić information content (AvgIpc) is 2.96. The summed E-state index contributed by atoms with van der Waals surface area (Å²) < 4.78 is 10.5. The van der Waals surface area contributed by atoms with Crippen LogP contribution in [-0.2, 0) is 0 Å². The molecule has 1 aromatic carbocycles. The van der Waals surface area contributed by atoms with Crippen LogP contribution in [0, 0.1) is 24.0 Å². The number of nitrogens with one attached hydrogen (secondary N) is 1. The molecule has 7 heteroatoms. The third kappa shape index (κ3) is 3.63. The van der Waals surface area contributed by atoms with E-state index in [4.69, 9.17) is 9.15 Å². The minimum atomic E-state index is -0.694. The van der Waals surface area contributed by atoms with Crippen LogP contribution in [-0.4, -0.2) is 24.0 Å².